The number of halogens is 1. The molecule has 2 aromatic rings. The molecule has 1 aliphatic carbocycles. The molecule has 0 radical (unpaired) electrons. The van der Waals surface area contributed by atoms with Crippen LogP contribution in [0.4, 0.5) is 4.39 Å². The number of hydrogen-bond donors (Lipinski definition) is 1. The molecule has 1 aromatic heterocycles. The SMILES string of the molecule is O=C1CCCCC1c1c[nH]c2cccc(F)c12. The Morgan fingerprint density at radius 1 is 1.29 bits per heavy atom. The third-order valence-corrected chi connectivity index (χ3v) is 3.62. The molecule has 1 saturated carbocycles. The third-order valence-electron chi connectivity index (χ3n) is 3.62. The zero-order valence-electron chi connectivity index (χ0n) is 9.50. The van der Waals surface area contributed by atoms with Crippen molar-refractivity contribution in [3.8, 4) is 0 Å². The summed E-state index contributed by atoms with van der Waals surface area (Å²) < 4.78 is 13.8. The molecule has 1 heterocycles. The lowest BCUT2D eigenvalue weighted by Crippen LogP contribution is -2.16. The van der Waals surface area contributed by atoms with E-state index in [1.807, 2.05) is 6.07 Å². The van der Waals surface area contributed by atoms with E-state index in [4.69, 9.17) is 0 Å². The van der Waals surface area contributed by atoms with Gasteiger partial charge in [-0.05, 0) is 30.5 Å². The van der Waals surface area contributed by atoms with Gasteiger partial charge in [-0.3, -0.25) is 4.79 Å². The Balaban J connectivity index is 2.13. The predicted molar refractivity (Wildman–Crippen MR) is 64.5 cm³/mol. The van der Waals surface area contributed by atoms with Crippen molar-refractivity contribution in [3.05, 3.63) is 35.8 Å². The lowest BCUT2D eigenvalue weighted by molar-refractivity contribution is -0.121. The van der Waals surface area contributed by atoms with Gasteiger partial charge in [-0.15, -0.1) is 0 Å². The maximum Gasteiger partial charge on any atom is 0.140 e. The maximum absolute atomic E-state index is 13.8. The Bertz CT molecular complexity index is 573. The highest BCUT2D eigenvalue weighted by molar-refractivity contribution is 5.93. The van der Waals surface area contributed by atoms with Gasteiger partial charge in [-0.25, -0.2) is 4.39 Å². The summed E-state index contributed by atoms with van der Waals surface area (Å²) >= 11 is 0. The summed E-state index contributed by atoms with van der Waals surface area (Å²) in [5.74, 6) is -0.105. The highest BCUT2D eigenvalue weighted by Crippen LogP contribution is 2.35. The first-order valence-corrected chi connectivity index (χ1v) is 6.05. The highest BCUT2D eigenvalue weighted by Gasteiger charge is 2.26. The second-order valence-electron chi connectivity index (χ2n) is 4.67. The van der Waals surface area contributed by atoms with Crippen LogP contribution in [-0.2, 0) is 4.79 Å². The molecule has 1 aromatic carbocycles. The van der Waals surface area contributed by atoms with Crippen molar-refractivity contribution in [3.63, 3.8) is 0 Å². The number of aromatic nitrogens is 1. The Morgan fingerprint density at radius 3 is 3.00 bits per heavy atom. The van der Waals surface area contributed by atoms with Gasteiger partial charge in [0.1, 0.15) is 11.6 Å². The van der Waals surface area contributed by atoms with Gasteiger partial charge in [-0.1, -0.05) is 12.5 Å². The van der Waals surface area contributed by atoms with Crippen LogP contribution >= 0.6 is 0 Å². The van der Waals surface area contributed by atoms with Crippen molar-refractivity contribution in [1.82, 2.24) is 4.98 Å². The predicted octanol–water partition coefficient (Wildman–Crippen LogP) is 3.53. The van der Waals surface area contributed by atoms with E-state index in [2.05, 4.69) is 4.98 Å². The lowest BCUT2D eigenvalue weighted by atomic mass is 9.83. The number of aromatic amines is 1. The molecule has 1 fully saturated rings. The van der Waals surface area contributed by atoms with E-state index in [-0.39, 0.29) is 17.5 Å². The van der Waals surface area contributed by atoms with Crippen molar-refractivity contribution in [2.75, 3.05) is 0 Å². The normalized spacial score (nSPS) is 21.0. The van der Waals surface area contributed by atoms with E-state index in [1.165, 1.54) is 6.07 Å². The molecule has 1 unspecified atom stereocenters. The molecule has 1 aliphatic rings. The van der Waals surface area contributed by atoms with Crippen LogP contribution < -0.4 is 0 Å². The smallest absolute Gasteiger partial charge is 0.140 e. The first-order chi connectivity index (χ1) is 8.27. The quantitative estimate of drug-likeness (QED) is 0.800. The molecule has 3 heteroatoms. The Hall–Kier alpha value is -1.64. The molecular weight excluding hydrogens is 217 g/mol. The van der Waals surface area contributed by atoms with Crippen molar-refractivity contribution in [1.29, 1.82) is 0 Å². The number of carbonyl (C=O) groups excluding carboxylic acids is 1. The van der Waals surface area contributed by atoms with Crippen LogP contribution in [0.3, 0.4) is 0 Å². The van der Waals surface area contributed by atoms with Crippen LogP contribution in [0.25, 0.3) is 10.9 Å². The van der Waals surface area contributed by atoms with Gasteiger partial charge >= 0.3 is 0 Å². The molecule has 88 valence electrons. The van der Waals surface area contributed by atoms with Gasteiger partial charge in [-0.2, -0.15) is 0 Å². The molecule has 1 atom stereocenters. The van der Waals surface area contributed by atoms with Crippen LogP contribution in [0.1, 0.15) is 37.2 Å². The summed E-state index contributed by atoms with van der Waals surface area (Å²) in [4.78, 5) is 15.0. The van der Waals surface area contributed by atoms with Gasteiger partial charge in [0, 0.05) is 29.4 Å². The van der Waals surface area contributed by atoms with Crippen LogP contribution in [-0.4, -0.2) is 10.8 Å². The number of fused-ring (bicyclic) bond motifs is 1. The van der Waals surface area contributed by atoms with E-state index in [0.29, 0.717) is 11.8 Å². The molecular formula is C14H14FNO. The minimum atomic E-state index is -0.239. The first kappa shape index (κ1) is 10.5. The average Bonchev–Trinajstić information content (AvgIpc) is 2.75. The van der Waals surface area contributed by atoms with Crippen LogP contribution in [0.5, 0.6) is 0 Å². The summed E-state index contributed by atoms with van der Waals surface area (Å²) in [5, 5.41) is 0.591. The van der Waals surface area contributed by atoms with Crippen LogP contribution in [0.15, 0.2) is 24.4 Å². The maximum atomic E-state index is 13.8. The number of H-pyrrole nitrogens is 1. The minimum Gasteiger partial charge on any atom is -0.361 e. The molecule has 17 heavy (non-hydrogen) atoms. The number of Topliss-reactive ketones (excluding diaryl/α,β-unsaturated/α-hetero) is 1. The fraction of sp³-hybridized carbons (Fsp3) is 0.357. The number of benzene rings is 1. The van der Waals surface area contributed by atoms with E-state index < -0.39 is 0 Å². The van der Waals surface area contributed by atoms with E-state index in [1.54, 1.807) is 12.3 Å². The van der Waals surface area contributed by atoms with Gasteiger partial charge in [0.2, 0.25) is 0 Å². The van der Waals surface area contributed by atoms with E-state index in [0.717, 1.165) is 30.3 Å². The molecule has 3 rings (SSSR count). The number of ketones is 1. The molecule has 1 N–H and O–H groups in total. The molecule has 0 spiro atoms. The standard InChI is InChI=1S/C14H14FNO/c15-11-5-3-6-12-14(11)10(8-16-12)9-4-1-2-7-13(9)17/h3,5-6,8-9,16H,1-2,4,7H2. The van der Waals surface area contributed by atoms with Crippen molar-refractivity contribution < 1.29 is 9.18 Å². The van der Waals surface area contributed by atoms with Crippen molar-refractivity contribution in [2.24, 2.45) is 0 Å². The van der Waals surface area contributed by atoms with Gasteiger partial charge in [0.25, 0.3) is 0 Å². The number of hydrogen-bond acceptors (Lipinski definition) is 1. The topological polar surface area (TPSA) is 32.9 Å². The van der Waals surface area contributed by atoms with Crippen LogP contribution in [0, 0.1) is 5.82 Å². The zero-order valence-corrected chi connectivity index (χ0v) is 9.50. The summed E-state index contributed by atoms with van der Waals surface area (Å²) in [7, 11) is 0. The second kappa shape index (κ2) is 3.99. The summed E-state index contributed by atoms with van der Waals surface area (Å²) in [6.45, 7) is 0. The average molecular weight is 231 g/mol. The van der Waals surface area contributed by atoms with E-state index >= 15 is 0 Å². The zero-order chi connectivity index (χ0) is 11.8. The highest BCUT2D eigenvalue weighted by atomic mass is 19.1. The molecule has 0 amide bonds. The largest absolute Gasteiger partial charge is 0.361 e. The fourth-order valence-corrected chi connectivity index (χ4v) is 2.75. The molecule has 0 saturated heterocycles. The third kappa shape index (κ3) is 1.66. The van der Waals surface area contributed by atoms with E-state index in [9.17, 15) is 9.18 Å². The Labute approximate surface area is 98.8 Å². The number of carbonyl (C=O) groups is 1. The molecule has 0 bridgehead atoms. The summed E-state index contributed by atoms with van der Waals surface area (Å²) in [6.07, 6.45) is 5.30. The van der Waals surface area contributed by atoms with Gasteiger partial charge < -0.3 is 4.98 Å². The molecule has 0 aliphatic heterocycles. The monoisotopic (exact) mass is 231 g/mol. The van der Waals surface area contributed by atoms with Crippen molar-refractivity contribution >= 4 is 16.7 Å². The Morgan fingerprint density at radius 2 is 2.18 bits per heavy atom. The van der Waals surface area contributed by atoms with Crippen molar-refractivity contribution in [2.45, 2.75) is 31.6 Å². The fourth-order valence-electron chi connectivity index (χ4n) is 2.75. The van der Waals surface area contributed by atoms with Gasteiger partial charge in [0.05, 0.1) is 0 Å². The first-order valence-electron chi connectivity index (χ1n) is 6.05. The summed E-state index contributed by atoms with van der Waals surface area (Å²) in [6, 6.07) is 4.98. The van der Waals surface area contributed by atoms with Crippen LogP contribution in [0.2, 0.25) is 0 Å². The number of nitrogens with one attached hydrogen (secondary N) is 1. The van der Waals surface area contributed by atoms with Gasteiger partial charge in [0.15, 0.2) is 0 Å². The number of rotatable bonds is 1. The lowest BCUT2D eigenvalue weighted by Gasteiger charge is -2.20. The second-order valence-corrected chi connectivity index (χ2v) is 4.67. The summed E-state index contributed by atoms with van der Waals surface area (Å²) in [5.41, 5.74) is 1.61. The minimum absolute atomic E-state index is 0.116. The molecule has 2 nitrogen and oxygen atoms in total. The Kier molecular flexibility index (Phi) is 2.46.